The standard InChI is InChI=1S/C31H33ClN4O4/c1-31(2,3)28-20-26(36(34-28)25-11-7-6-10-23(25)32)29(37)30(38)33-24-12-13-27(22-9-5-4-8-21(22)24)40-19-16-35-14-17-39-18-15-35/h4-13,20H,14-19H2,1-3H3,(H,33,38). The SMILES string of the molecule is CC(C)(C)c1cc(C(=O)C(=O)Nc2ccc(OCCN3CCOCC3)c3ccccc23)n(-c2ccccc2Cl)n1. The minimum Gasteiger partial charge on any atom is -0.492 e. The van der Waals surface area contributed by atoms with Crippen LogP contribution in [0.25, 0.3) is 16.5 Å². The zero-order valence-corrected chi connectivity index (χ0v) is 23.7. The van der Waals surface area contributed by atoms with Gasteiger partial charge in [0, 0.05) is 41.5 Å². The second kappa shape index (κ2) is 11.8. The molecule has 8 nitrogen and oxygen atoms in total. The van der Waals surface area contributed by atoms with Crippen LogP contribution < -0.4 is 10.1 Å². The highest BCUT2D eigenvalue weighted by Gasteiger charge is 2.28. The molecule has 2 heterocycles. The number of rotatable bonds is 8. The number of halogens is 1. The first-order chi connectivity index (χ1) is 19.2. The Bertz CT molecular complexity index is 1540. The van der Waals surface area contributed by atoms with Crippen LogP contribution >= 0.6 is 11.6 Å². The van der Waals surface area contributed by atoms with Crippen molar-refractivity contribution < 1.29 is 19.1 Å². The largest absolute Gasteiger partial charge is 0.492 e. The number of morpholine rings is 1. The summed E-state index contributed by atoms with van der Waals surface area (Å²) in [7, 11) is 0. The number of fused-ring (bicyclic) bond motifs is 1. The van der Waals surface area contributed by atoms with Crippen LogP contribution in [0.4, 0.5) is 5.69 Å². The molecular weight excluding hydrogens is 528 g/mol. The number of hydrogen-bond acceptors (Lipinski definition) is 6. The van der Waals surface area contributed by atoms with Gasteiger partial charge in [0.05, 0.1) is 29.6 Å². The van der Waals surface area contributed by atoms with Crippen molar-refractivity contribution in [2.75, 3.05) is 44.8 Å². The number of ketones is 1. The number of aromatic nitrogens is 2. The molecule has 1 amide bonds. The Morgan fingerprint density at radius 1 is 1.00 bits per heavy atom. The molecule has 40 heavy (non-hydrogen) atoms. The Hall–Kier alpha value is -3.72. The van der Waals surface area contributed by atoms with E-state index in [1.807, 2.05) is 57.2 Å². The lowest BCUT2D eigenvalue weighted by atomic mass is 9.92. The van der Waals surface area contributed by atoms with Crippen molar-refractivity contribution in [2.24, 2.45) is 0 Å². The third-order valence-electron chi connectivity index (χ3n) is 6.90. The van der Waals surface area contributed by atoms with Gasteiger partial charge in [-0.3, -0.25) is 14.5 Å². The Labute approximate surface area is 238 Å². The first kappa shape index (κ1) is 27.8. The lowest BCUT2D eigenvalue weighted by molar-refractivity contribution is -0.112. The maximum absolute atomic E-state index is 13.5. The molecule has 1 aliphatic rings. The lowest BCUT2D eigenvalue weighted by Crippen LogP contribution is -2.38. The van der Waals surface area contributed by atoms with E-state index >= 15 is 0 Å². The maximum Gasteiger partial charge on any atom is 0.298 e. The minimum atomic E-state index is -0.764. The van der Waals surface area contributed by atoms with Crippen LogP contribution in [-0.2, 0) is 14.9 Å². The predicted octanol–water partition coefficient (Wildman–Crippen LogP) is 5.51. The number of nitrogens with one attached hydrogen (secondary N) is 1. The van der Waals surface area contributed by atoms with Gasteiger partial charge in [-0.1, -0.05) is 68.8 Å². The molecule has 0 aliphatic carbocycles. The number of carbonyl (C=O) groups is 2. The Morgan fingerprint density at radius 3 is 2.42 bits per heavy atom. The Morgan fingerprint density at radius 2 is 1.70 bits per heavy atom. The molecule has 208 valence electrons. The molecule has 1 fully saturated rings. The van der Waals surface area contributed by atoms with Crippen LogP contribution in [0.3, 0.4) is 0 Å². The molecule has 1 aliphatic heterocycles. The van der Waals surface area contributed by atoms with Gasteiger partial charge in [-0.05, 0) is 30.3 Å². The monoisotopic (exact) mass is 560 g/mol. The molecular formula is C31H33ClN4O4. The fourth-order valence-electron chi connectivity index (χ4n) is 4.63. The summed E-state index contributed by atoms with van der Waals surface area (Å²) in [6.07, 6.45) is 0. The van der Waals surface area contributed by atoms with E-state index in [2.05, 4.69) is 15.3 Å². The minimum absolute atomic E-state index is 0.142. The van der Waals surface area contributed by atoms with Crippen molar-refractivity contribution >= 4 is 39.8 Å². The average molecular weight is 561 g/mol. The number of nitrogens with zero attached hydrogens (tertiary/aromatic N) is 3. The summed E-state index contributed by atoms with van der Waals surface area (Å²) in [6, 6.07) is 20.0. The molecule has 0 radical (unpaired) electrons. The molecule has 4 aromatic rings. The number of amides is 1. The van der Waals surface area contributed by atoms with E-state index < -0.39 is 11.7 Å². The van der Waals surface area contributed by atoms with Gasteiger partial charge in [0.25, 0.3) is 11.7 Å². The molecule has 0 unspecified atom stereocenters. The molecule has 3 aromatic carbocycles. The summed E-state index contributed by atoms with van der Waals surface area (Å²) in [4.78, 5) is 29.2. The highest BCUT2D eigenvalue weighted by Crippen LogP contribution is 2.32. The fraction of sp³-hybridized carbons (Fsp3) is 0.323. The summed E-state index contributed by atoms with van der Waals surface area (Å²) >= 11 is 6.44. The molecule has 5 rings (SSSR count). The number of Topliss-reactive ketones (excluding diaryl/α,β-unsaturated/α-hetero) is 1. The van der Waals surface area contributed by atoms with E-state index in [4.69, 9.17) is 21.1 Å². The van der Waals surface area contributed by atoms with Gasteiger partial charge in [-0.25, -0.2) is 4.68 Å². The van der Waals surface area contributed by atoms with Crippen LogP contribution in [0.5, 0.6) is 5.75 Å². The van der Waals surface area contributed by atoms with Crippen molar-refractivity contribution in [3.63, 3.8) is 0 Å². The van der Waals surface area contributed by atoms with Crippen LogP contribution in [0.1, 0.15) is 37.0 Å². The highest BCUT2D eigenvalue weighted by molar-refractivity contribution is 6.46. The van der Waals surface area contributed by atoms with E-state index in [-0.39, 0.29) is 11.1 Å². The zero-order valence-electron chi connectivity index (χ0n) is 22.9. The number of carbonyl (C=O) groups excluding carboxylic acids is 2. The topological polar surface area (TPSA) is 85.7 Å². The summed E-state index contributed by atoms with van der Waals surface area (Å²) in [5.74, 6) is -0.752. The average Bonchev–Trinajstić information content (AvgIpc) is 3.40. The Balaban J connectivity index is 1.39. The van der Waals surface area contributed by atoms with Crippen LogP contribution in [0, 0.1) is 0 Å². The summed E-state index contributed by atoms with van der Waals surface area (Å²) < 4.78 is 13.0. The number of para-hydroxylation sites is 1. The van der Waals surface area contributed by atoms with Crippen molar-refractivity contribution in [3.05, 3.63) is 83.1 Å². The normalized spacial score (nSPS) is 14.3. The summed E-state index contributed by atoms with van der Waals surface area (Å²) in [5, 5.41) is 9.53. The van der Waals surface area contributed by atoms with Gasteiger partial charge in [-0.15, -0.1) is 0 Å². The van der Waals surface area contributed by atoms with Gasteiger partial charge in [0.2, 0.25) is 0 Å². The second-order valence-electron chi connectivity index (χ2n) is 10.8. The fourth-order valence-corrected chi connectivity index (χ4v) is 4.84. The van der Waals surface area contributed by atoms with Gasteiger partial charge < -0.3 is 14.8 Å². The lowest BCUT2D eigenvalue weighted by Gasteiger charge is -2.26. The van der Waals surface area contributed by atoms with Crippen LogP contribution in [0.15, 0.2) is 66.7 Å². The van der Waals surface area contributed by atoms with E-state index in [1.165, 1.54) is 4.68 Å². The van der Waals surface area contributed by atoms with Gasteiger partial charge in [0.1, 0.15) is 18.1 Å². The van der Waals surface area contributed by atoms with Crippen LogP contribution in [0.2, 0.25) is 5.02 Å². The van der Waals surface area contributed by atoms with E-state index in [1.54, 1.807) is 30.3 Å². The van der Waals surface area contributed by atoms with Crippen molar-refractivity contribution in [1.29, 1.82) is 0 Å². The molecule has 0 bridgehead atoms. The molecule has 0 atom stereocenters. The van der Waals surface area contributed by atoms with Crippen molar-refractivity contribution in [2.45, 2.75) is 26.2 Å². The first-order valence-electron chi connectivity index (χ1n) is 13.4. The van der Waals surface area contributed by atoms with Crippen molar-refractivity contribution in [3.8, 4) is 11.4 Å². The Kier molecular flexibility index (Phi) is 8.21. The maximum atomic E-state index is 13.5. The quantitative estimate of drug-likeness (QED) is 0.226. The molecule has 0 spiro atoms. The third kappa shape index (κ3) is 6.04. The number of anilines is 1. The molecule has 0 saturated carbocycles. The molecule has 1 N–H and O–H groups in total. The number of hydrogen-bond donors (Lipinski definition) is 1. The molecule has 1 saturated heterocycles. The van der Waals surface area contributed by atoms with Crippen LogP contribution in [-0.4, -0.2) is 65.8 Å². The number of benzene rings is 3. The van der Waals surface area contributed by atoms with E-state index in [0.29, 0.717) is 28.7 Å². The van der Waals surface area contributed by atoms with Gasteiger partial charge in [-0.2, -0.15) is 5.10 Å². The third-order valence-corrected chi connectivity index (χ3v) is 7.22. The molecule has 1 aromatic heterocycles. The smallest absolute Gasteiger partial charge is 0.298 e. The van der Waals surface area contributed by atoms with E-state index in [9.17, 15) is 9.59 Å². The van der Waals surface area contributed by atoms with Gasteiger partial charge in [0.15, 0.2) is 0 Å². The molecule has 9 heteroatoms. The summed E-state index contributed by atoms with van der Waals surface area (Å²) in [5.41, 5.74) is 1.52. The van der Waals surface area contributed by atoms with Gasteiger partial charge >= 0.3 is 0 Å². The highest BCUT2D eigenvalue weighted by atomic mass is 35.5. The zero-order chi connectivity index (χ0) is 28.3. The predicted molar refractivity (Wildman–Crippen MR) is 157 cm³/mol. The summed E-state index contributed by atoms with van der Waals surface area (Å²) in [6.45, 7) is 10.6. The first-order valence-corrected chi connectivity index (χ1v) is 13.8. The van der Waals surface area contributed by atoms with E-state index in [0.717, 1.165) is 49.4 Å². The second-order valence-corrected chi connectivity index (χ2v) is 11.2. The number of ether oxygens (including phenoxy) is 2. The van der Waals surface area contributed by atoms with Crippen molar-refractivity contribution in [1.82, 2.24) is 14.7 Å².